The number of hydrogen-bond donors (Lipinski definition) is 1. The van der Waals surface area contributed by atoms with Crippen LogP contribution in [-0.2, 0) is 9.53 Å². The van der Waals surface area contributed by atoms with Crippen LogP contribution in [0.2, 0.25) is 0 Å². The molecule has 1 saturated heterocycles. The first-order valence-electron chi connectivity index (χ1n) is 7.89. The normalized spacial score (nSPS) is 17.5. The van der Waals surface area contributed by atoms with Gasteiger partial charge >= 0.3 is 0 Å². The first-order chi connectivity index (χ1) is 11.8. The van der Waals surface area contributed by atoms with Gasteiger partial charge in [-0.05, 0) is 18.9 Å². The fourth-order valence-corrected chi connectivity index (χ4v) is 2.75. The van der Waals surface area contributed by atoms with E-state index < -0.39 is 0 Å². The van der Waals surface area contributed by atoms with Crippen molar-refractivity contribution in [2.45, 2.75) is 18.8 Å². The Balaban J connectivity index is 1.63. The summed E-state index contributed by atoms with van der Waals surface area (Å²) in [6.07, 6.45) is 8.69. The Hall–Kier alpha value is -2.61. The number of rotatable bonds is 5. The highest BCUT2D eigenvalue weighted by molar-refractivity contribution is 5.77. The predicted molar refractivity (Wildman–Crippen MR) is 87.8 cm³/mol. The smallest absolute Gasteiger partial charge is 0.248 e. The third kappa shape index (κ3) is 4.02. The molecule has 0 spiro atoms. The standard InChI is InChI=1S/C16H20N6O2/c1-24-11-15(23)22-7-2-4-12(10-22)13-8-20-14(9-19-13)21-16-17-5-3-6-18-16/h3,5-6,8-9,12H,2,4,7,10-11H2,1H3,(H,17,18,20,21)/t12-/m0/s1. The van der Waals surface area contributed by atoms with Crippen LogP contribution in [0, 0.1) is 0 Å². The average Bonchev–Trinajstić information content (AvgIpc) is 2.63. The van der Waals surface area contributed by atoms with Crippen LogP contribution in [0.3, 0.4) is 0 Å². The van der Waals surface area contributed by atoms with E-state index >= 15 is 0 Å². The zero-order valence-corrected chi connectivity index (χ0v) is 13.6. The highest BCUT2D eigenvalue weighted by Gasteiger charge is 2.25. The number of carbonyl (C=O) groups is 1. The number of nitrogens with one attached hydrogen (secondary N) is 1. The molecule has 1 amide bonds. The maximum atomic E-state index is 12.0. The number of aromatic nitrogens is 4. The van der Waals surface area contributed by atoms with Crippen LogP contribution in [0.5, 0.6) is 0 Å². The lowest BCUT2D eigenvalue weighted by molar-refractivity contribution is -0.136. The summed E-state index contributed by atoms with van der Waals surface area (Å²) < 4.78 is 4.93. The number of nitrogens with zero attached hydrogens (tertiary/aromatic N) is 5. The Morgan fingerprint density at radius 2 is 2.12 bits per heavy atom. The summed E-state index contributed by atoms with van der Waals surface area (Å²) >= 11 is 0. The SMILES string of the molecule is COCC(=O)N1CCC[C@H](c2cnc(Nc3ncccn3)cn2)C1. The Morgan fingerprint density at radius 1 is 1.29 bits per heavy atom. The van der Waals surface area contributed by atoms with E-state index in [1.807, 2.05) is 4.90 Å². The van der Waals surface area contributed by atoms with Crippen molar-refractivity contribution in [1.82, 2.24) is 24.8 Å². The second kappa shape index (κ2) is 7.78. The van der Waals surface area contributed by atoms with Gasteiger partial charge in [0.2, 0.25) is 11.9 Å². The molecule has 0 radical (unpaired) electrons. The van der Waals surface area contributed by atoms with Crippen LogP contribution < -0.4 is 5.32 Å². The minimum absolute atomic E-state index is 0.0228. The van der Waals surface area contributed by atoms with Crippen LogP contribution >= 0.6 is 0 Å². The third-order valence-corrected chi connectivity index (χ3v) is 3.94. The van der Waals surface area contributed by atoms with E-state index in [-0.39, 0.29) is 18.4 Å². The maximum Gasteiger partial charge on any atom is 0.248 e. The summed E-state index contributed by atoms with van der Waals surface area (Å²) in [4.78, 5) is 30.8. The summed E-state index contributed by atoms with van der Waals surface area (Å²) in [6, 6.07) is 1.75. The Kier molecular flexibility index (Phi) is 5.27. The molecule has 126 valence electrons. The molecule has 2 aromatic heterocycles. The fourth-order valence-electron chi connectivity index (χ4n) is 2.75. The molecular formula is C16H20N6O2. The van der Waals surface area contributed by atoms with Crippen molar-refractivity contribution < 1.29 is 9.53 Å². The molecule has 1 aliphatic heterocycles. The first kappa shape index (κ1) is 16.3. The lowest BCUT2D eigenvalue weighted by Crippen LogP contribution is -2.41. The molecule has 2 aromatic rings. The fraction of sp³-hybridized carbons (Fsp3) is 0.438. The molecule has 1 atom stereocenters. The molecule has 1 N–H and O–H groups in total. The van der Waals surface area contributed by atoms with Crippen molar-refractivity contribution in [2.75, 3.05) is 32.1 Å². The number of hydrogen-bond acceptors (Lipinski definition) is 7. The summed E-state index contributed by atoms with van der Waals surface area (Å²) in [5.41, 5.74) is 0.893. The molecule has 3 rings (SSSR count). The minimum Gasteiger partial charge on any atom is -0.375 e. The topological polar surface area (TPSA) is 93.1 Å². The van der Waals surface area contributed by atoms with Crippen LogP contribution in [-0.4, -0.2) is 57.5 Å². The van der Waals surface area contributed by atoms with E-state index in [4.69, 9.17) is 4.74 Å². The monoisotopic (exact) mass is 328 g/mol. The molecule has 8 heteroatoms. The number of likely N-dealkylation sites (tertiary alicyclic amines) is 1. The predicted octanol–water partition coefficient (Wildman–Crippen LogP) is 1.36. The maximum absolute atomic E-state index is 12.0. The van der Waals surface area contributed by atoms with Crippen molar-refractivity contribution in [3.63, 3.8) is 0 Å². The molecule has 0 aliphatic carbocycles. The number of methoxy groups -OCH3 is 1. The molecule has 0 unspecified atom stereocenters. The van der Waals surface area contributed by atoms with E-state index in [0.29, 0.717) is 18.3 Å². The summed E-state index contributed by atoms with van der Waals surface area (Å²) in [5, 5.41) is 3.00. The van der Waals surface area contributed by atoms with Gasteiger partial charge in [0.1, 0.15) is 6.61 Å². The van der Waals surface area contributed by atoms with Gasteiger partial charge in [0, 0.05) is 38.5 Å². The minimum atomic E-state index is 0.0228. The van der Waals surface area contributed by atoms with E-state index in [1.165, 1.54) is 7.11 Å². The van der Waals surface area contributed by atoms with Gasteiger partial charge in [0.15, 0.2) is 5.82 Å². The van der Waals surface area contributed by atoms with Crippen LogP contribution in [0.1, 0.15) is 24.5 Å². The van der Waals surface area contributed by atoms with Crippen LogP contribution in [0.4, 0.5) is 11.8 Å². The molecule has 24 heavy (non-hydrogen) atoms. The quantitative estimate of drug-likeness (QED) is 0.885. The van der Waals surface area contributed by atoms with Gasteiger partial charge in [-0.3, -0.25) is 9.78 Å². The Morgan fingerprint density at radius 3 is 2.83 bits per heavy atom. The lowest BCUT2D eigenvalue weighted by Gasteiger charge is -2.32. The van der Waals surface area contributed by atoms with E-state index in [1.54, 1.807) is 30.9 Å². The largest absolute Gasteiger partial charge is 0.375 e. The van der Waals surface area contributed by atoms with E-state index in [0.717, 1.165) is 25.1 Å². The zero-order valence-electron chi connectivity index (χ0n) is 13.6. The average molecular weight is 328 g/mol. The third-order valence-electron chi connectivity index (χ3n) is 3.94. The summed E-state index contributed by atoms with van der Waals surface area (Å²) in [5.74, 6) is 1.30. The van der Waals surface area contributed by atoms with Crippen LogP contribution in [0.25, 0.3) is 0 Å². The number of piperidine rings is 1. The van der Waals surface area contributed by atoms with E-state index in [9.17, 15) is 4.79 Å². The molecule has 8 nitrogen and oxygen atoms in total. The van der Waals surface area contributed by atoms with Gasteiger partial charge in [0.25, 0.3) is 0 Å². The Bertz CT molecular complexity index is 664. The van der Waals surface area contributed by atoms with Crippen molar-refractivity contribution >= 4 is 17.7 Å². The first-order valence-corrected chi connectivity index (χ1v) is 7.89. The zero-order chi connectivity index (χ0) is 16.8. The molecular weight excluding hydrogens is 308 g/mol. The van der Waals surface area contributed by atoms with Crippen molar-refractivity contribution in [2.24, 2.45) is 0 Å². The molecule has 0 bridgehead atoms. The number of carbonyl (C=O) groups excluding carboxylic acids is 1. The molecule has 1 aliphatic rings. The van der Waals surface area contributed by atoms with Crippen molar-refractivity contribution in [3.05, 3.63) is 36.5 Å². The van der Waals surface area contributed by atoms with E-state index in [2.05, 4.69) is 25.3 Å². The van der Waals surface area contributed by atoms with Crippen molar-refractivity contribution in [3.8, 4) is 0 Å². The number of anilines is 2. The highest BCUT2D eigenvalue weighted by Crippen LogP contribution is 2.25. The number of ether oxygens (including phenoxy) is 1. The van der Waals surface area contributed by atoms with Gasteiger partial charge in [-0.15, -0.1) is 0 Å². The second-order valence-corrected chi connectivity index (χ2v) is 5.64. The summed E-state index contributed by atoms with van der Waals surface area (Å²) in [6.45, 7) is 1.56. The molecule has 1 fully saturated rings. The molecule has 0 saturated carbocycles. The Labute approximate surface area is 140 Å². The number of amides is 1. The molecule has 0 aromatic carbocycles. The van der Waals surface area contributed by atoms with Gasteiger partial charge in [-0.2, -0.15) is 0 Å². The second-order valence-electron chi connectivity index (χ2n) is 5.64. The molecule has 3 heterocycles. The lowest BCUT2D eigenvalue weighted by atomic mass is 9.95. The van der Waals surface area contributed by atoms with Gasteiger partial charge in [0.05, 0.1) is 18.1 Å². The van der Waals surface area contributed by atoms with Gasteiger partial charge < -0.3 is 15.0 Å². The van der Waals surface area contributed by atoms with Crippen molar-refractivity contribution in [1.29, 1.82) is 0 Å². The highest BCUT2D eigenvalue weighted by atomic mass is 16.5. The summed E-state index contributed by atoms with van der Waals surface area (Å²) in [7, 11) is 1.53. The van der Waals surface area contributed by atoms with Gasteiger partial charge in [-0.1, -0.05) is 0 Å². The van der Waals surface area contributed by atoms with Gasteiger partial charge in [-0.25, -0.2) is 15.0 Å². The van der Waals surface area contributed by atoms with Crippen LogP contribution in [0.15, 0.2) is 30.9 Å².